The van der Waals surface area contributed by atoms with Crippen LogP contribution in [0.5, 0.6) is 5.88 Å². The van der Waals surface area contributed by atoms with Crippen molar-refractivity contribution in [3.05, 3.63) is 17.0 Å². The summed E-state index contributed by atoms with van der Waals surface area (Å²) >= 11 is 5.71. The average molecular weight is 173 g/mol. The Balaban J connectivity index is 3.17. The molecule has 1 aromatic rings. The molecule has 4 heteroatoms. The van der Waals surface area contributed by atoms with Gasteiger partial charge in [0, 0.05) is 0 Å². The molecule has 0 aliphatic rings. The maximum Gasteiger partial charge on any atom is 0.233 e. The van der Waals surface area contributed by atoms with Crippen molar-refractivity contribution in [1.82, 2.24) is 9.97 Å². The lowest BCUT2D eigenvalue weighted by atomic mass is 10.1. The lowest BCUT2D eigenvalue weighted by Gasteiger charge is -2.05. The monoisotopic (exact) mass is 172 g/mol. The Morgan fingerprint density at radius 1 is 1.45 bits per heavy atom. The van der Waals surface area contributed by atoms with E-state index in [-0.39, 0.29) is 16.8 Å². The average Bonchev–Trinajstić information content (AvgIpc) is 1.94. The maximum absolute atomic E-state index is 9.07. The molecule has 0 aromatic carbocycles. The van der Waals surface area contributed by atoms with E-state index in [1.54, 1.807) is 0 Å². The van der Waals surface area contributed by atoms with Crippen molar-refractivity contribution in [3.8, 4) is 5.88 Å². The van der Waals surface area contributed by atoms with Gasteiger partial charge in [-0.2, -0.15) is 0 Å². The van der Waals surface area contributed by atoms with Crippen LogP contribution in [0, 0.1) is 0 Å². The van der Waals surface area contributed by atoms with Crippen molar-refractivity contribution >= 4 is 11.6 Å². The van der Waals surface area contributed by atoms with Crippen molar-refractivity contribution in [1.29, 1.82) is 0 Å². The topological polar surface area (TPSA) is 46.0 Å². The molecule has 0 unspecified atom stereocenters. The minimum Gasteiger partial charge on any atom is -0.492 e. The highest BCUT2D eigenvalue weighted by molar-refractivity contribution is 6.32. The molecule has 1 heterocycles. The standard InChI is InChI=1S/C7H9ClN2O/c1-4(2)6-5(8)7(11)10-3-9-6/h3-4H,1-2H3,(H,9,10,11). The summed E-state index contributed by atoms with van der Waals surface area (Å²) in [5.74, 6) is 0.0572. The Morgan fingerprint density at radius 2 is 2.09 bits per heavy atom. The van der Waals surface area contributed by atoms with Crippen molar-refractivity contribution in [2.75, 3.05) is 0 Å². The van der Waals surface area contributed by atoms with E-state index in [9.17, 15) is 0 Å². The Kier molecular flexibility index (Phi) is 2.29. The molecule has 11 heavy (non-hydrogen) atoms. The van der Waals surface area contributed by atoms with Crippen LogP contribution in [0.25, 0.3) is 0 Å². The highest BCUT2D eigenvalue weighted by Crippen LogP contribution is 2.27. The highest BCUT2D eigenvalue weighted by Gasteiger charge is 2.10. The smallest absolute Gasteiger partial charge is 0.233 e. The van der Waals surface area contributed by atoms with Gasteiger partial charge in [-0.25, -0.2) is 9.97 Å². The number of halogens is 1. The van der Waals surface area contributed by atoms with Crippen molar-refractivity contribution in [2.45, 2.75) is 19.8 Å². The first-order chi connectivity index (χ1) is 5.13. The summed E-state index contributed by atoms with van der Waals surface area (Å²) in [5, 5.41) is 9.32. The van der Waals surface area contributed by atoms with Crippen LogP contribution in [0.1, 0.15) is 25.5 Å². The second kappa shape index (κ2) is 3.05. The van der Waals surface area contributed by atoms with E-state index < -0.39 is 0 Å². The fourth-order valence-corrected chi connectivity index (χ4v) is 1.09. The van der Waals surface area contributed by atoms with E-state index in [1.165, 1.54) is 6.33 Å². The van der Waals surface area contributed by atoms with Gasteiger partial charge in [0.05, 0.1) is 5.69 Å². The summed E-state index contributed by atoms with van der Waals surface area (Å²) in [6.45, 7) is 3.90. The summed E-state index contributed by atoms with van der Waals surface area (Å²) in [7, 11) is 0. The van der Waals surface area contributed by atoms with Gasteiger partial charge < -0.3 is 5.11 Å². The number of rotatable bonds is 1. The van der Waals surface area contributed by atoms with Crippen molar-refractivity contribution < 1.29 is 5.11 Å². The number of hydrogen-bond acceptors (Lipinski definition) is 3. The summed E-state index contributed by atoms with van der Waals surface area (Å²) in [6, 6.07) is 0. The van der Waals surface area contributed by atoms with Gasteiger partial charge in [-0.1, -0.05) is 25.4 Å². The van der Waals surface area contributed by atoms with E-state index in [2.05, 4.69) is 9.97 Å². The van der Waals surface area contributed by atoms with Gasteiger partial charge in [0.25, 0.3) is 0 Å². The number of aromatic nitrogens is 2. The van der Waals surface area contributed by atoms with E-state index in [1.807, 2.05) is 13.8 Å². The van der Waals surface area contributed by atoms with Gasteiger partial charge in [-0.05, 0) is 5.92 Å². The number of nitrogens with zero attached hydrogens (tertiary/aromatic N) is 2. The number of hydrogen-bond donors (Lipinski definition) is 1. The van der Waals surface area contributed by atoms with Gasteiger partial charge in [0.1, 0.15) is 11.3 Å². The maximum atomic E-state index is 9.07. The first-order valence-electron chi connectivity index (χ1n) is 3.32. The molecule has 60 valence electrons. The van der Waals surface area contributed by atoms with Gasteiger partial charge in [0.2, 0.25) is 5.88 Å². The largest absolute Gasteiger partial charge is 0.492 e. The first kappa shape index (κ1) is 8.27. The fourth-order valence-electron chi connectivity index (χ4n) is 0.776. The zero-order chi connectivity index (χ0) is 8.43. The van der Waals surface area contributed by atoms with E-state index in [0.29, 0.717) is 5.69 Å². The van der Waals surface area contributed by atoms with Crippen LogP contribution in [0.3, 0.4) is 0 Å². The third kappa shape index (κ3) is 1.60. The Morgan fingerprint density at radius 3 is 2.55 bits per heavy atom. The van der Waals surface area contributed by atoms with Crippen LogP contribution >= 0.6 is 11.6 Å². The molecule has 1 rings (SSSR count). The highest BCUT2D eigenvalue weighted by atomic mass is 35.5. The lowest BCUT2D eigenvalue weighted by Crippen LogP contribution is -1.94. The summed E-state index contributed by atoms with van der Waals surface area (Å²) in [4.78, 5) is 7.47. The minimum atomic E-state index is -0.148. The fraction of sp³-hybridized carbons (Fsp3) is 0.429. The van der Waals surface area contributed by atoms with Crippen LogP contribution in [-0.2, 0) is 0 Å². The zero-order valence-corrected chi connectivity index (χ0v) is 7.13. The molecule has 1 aromatic heterocycles. The zero-order valence-electron chi connectivity index (χ0n) is 6.37. The van der Waals surface area contributed by atoms with Gasteiger partial charge in [0.15, 0.2) is 0 Å². The molecule has 0 spiro atoms. The van der Waals surface area contributed by atoms with E-state index in [4.69, 9.17) is 16.7 Å². The lowest BCUT2D eigenvalue weighted by molar-refractivity contribution is 0.450. The van der Waals surface area contributed by atoms with Gasteiger partial charge in [-0.15, -0.1) is 0 Å². The molecule has 0 atom stereocenters. The second-order valence-corrected chi connectivity index (χ2v) is 2.93. The van der Waals surface area contributed by atoms with Crippen molar-refractivity contribution in [3.63, 3.8) is 0 Å². The molecule has 0 amide bonds. The van der Waals surface area contributed by atoms with Crippen LogP contribution in [0.2, 0.25) is 5.02 Å². The summed E-state index contributed by atoms with van der Waals surface area (Å²) in [6.07, 6.45) is 1.30. The summed E-state index contributed by atoms with van der Waals surface area (Å²) < 4.78 is 0. The molecule has 0 bridgehead atoms. The molecule has 0 saturated carbocycles. The van der Waals surface area contributed by atoms with Gasteiger partial charge in [-0.3, -0.25) is 0 Å². The van der Waals surface area contributed by atoms with Crippen LogP contribution < -0.4 is 0 Å². The Hall–Kier alpha value is -0.830. The van der Waals surface area contributed by atoms with E-state index >= 15 is 0 Å². The van der Waals surface area contributed by atoms with Crippen LogP contribution in [-0.4, -0.2) is 15.1 Å². The second-order valence-electron chi connectivity index (χ2n) is 2.55. The molecule has 1 N–H and O–H groups in total. The third-order valence-corrected chi connectivity index (χ3v) is 1.71. The normalized spacial score (nSPS) is 10.5. The number of aromatic hydroxyl groups is 1. The molecule has 0 fully saturated rings. The Bertz CT molecular complexity index is 263. The van der Waals surface area contributed by atoms with Gasteiger partial charge >= 0.3 is 0 Å². The SMILES string of the molecule is CC(C)c1ncnc(O)c1Cl. The quantitative estimate of drug-likeness (QED) is 0.705. The predicted octanol–water partition coefficient (Wildman–Crippen LogP) is 1.96. The summed E-state index contributed by atoms with van der Waals surface area (Å²) in [5.41, 5.74) is 0.680. The Labute approximate surface area is 70.1 Å². The molecule has 0 aliphatic carbocycles. The molecular weight excluding hydrogens is 164 g/mol. The molecule has 0 aliphatic heterocycles. The van der Waals surface area contributed by atoms with Crippen LogP contribution in [0.4, 0.5) is 0 Å². The first-order valence-corrected chi connectivity index (χ1v) is 3.70. The predicted molar refractivity (Wildman–Crippen MR) is 42.8 cm³/mol. The molecule has 0 radical (unpaired) electrons. The van der Waals surface area contributed by atoms with E-state index in [0.717, 1.165) is 0 Å². The molecular formula is C7H9ClN2O. The van der Waals surface area contributed by atoms with Crippen molar-refractivity contribution in [2.24, 2.45) is 0 Å². The minimum absolute atomic E-state index is 0.148. The molecule has 0 saturated heterocycles. The third-order valence-electron chi connectivity index (χ3n) is 1.34. The molecule has 3 nitrogen and oxygen atoms in total. The van der Waals surface area contributed by atoms with Crippen LogP contribution in [0.15, 0.2) is 6.33 Å².